The zero-order valence-electron chi connectivity index (χ0n) is 19.2. The second kappa shape index (κ2) is 9.61. The normalized spacial score (nSPS) is 17.2. The molecular formula is C23H19F2N9O3. The number of piperazine rings is 1. The van der Waals surface area contributed by atoms with Gasteiger partial charge in [0.15, 0.2) is 5.82 Å². The number of aromatic amines is 2. The molecule has 2 amide bonds. The lowest BCUT2D eigenvalue weighted by Gasteiger charge is -2.37. The van der Waals surface area contributed by atoms with E-state index in [-0.39, 0.29) is 42.0 Å². The number of carbonyl (C=O) groups excluding carboxylic acids is 1. The first-order chi connectivity index (χ1) is 17.8. The summed E-state index contributed by atoms with van der Waals surface area (Å²) in [6, 6.07) is 5.99. The number of benzene rings is 1. The van der Waals surface area contributed by atoms with E-state index in [0.717, 1.165) is 18.3 Å². The van der Waals surface area contributed by atoms with Crippen molar-refractivity contribution in [3.05, 3.63) is 74.1 Å². The molecule has 0 unspecified atom stereocenters. The van der Waals surface area contributed by atoms with Crippen LogP contribution in [0.15, 0.2) is 45.2 Å². The number of H-pyrrole nitrogens is 2. The van der Waals surface area contributed by atoms with Crippen molar-refractivity contribution in [1.82, 2.24) is 29.8 Å². The fraction of sp³-hybridized carbons (Fsp3) is 0.261. The van der Waals surface area contributed by atoms with Crippen LogP contribution in [0.5, 0.6) is 0 Å². The lowest BCUT2D eigenvalue weighted by Crippen LogP contribution is -2.52. The summed E-state index contributed by atoms with van der Waals surface area (Å²) in [5.74, 6) is -1.20. The van der Waals surface area contributed by atoms with Crippen LogP contribution in [0.1, 0.15) is 23.6 Å². The van der Waals surface area contributed by atoms with Crippen LogP contribution in [-0.2, 0) is 0 Å². The lowest BCUT2D eigenvalue weighted by molar-refractivity contribution is 0.139. The maximum Gasteiger partial charge on any atom is 0.341 e. The van der Waals surface area contributed by atoms with Gasteiger partial charge in [-0.2, -0.15) is 10.4 Å². The molecule has 1 fully saturated rings. The van der Waals surface area contributed by atoms with Gasteiger partial charge in [-0.25, -0.2) is 33.3 Å². The molecule has 1 saturated heterocycles. The Bertz CT molecular complexity index is 1530. The van der Waals surface area contributed by atoms with Gasteiger partial charge in [-0.1, -0.05) is 0 Å². The van der Waals surface area contributed by atoms with E-state index in [9.17, 15) is 23.2 Å². The molecule has 1 atom stereocenters. The molecule has 37 heavy (non-hydrogen) atoms. The Morgan fingerprint density at radius 2 is 1.86 bits per heavy atom. The molecule has 0 saturated carbocycles. The van der Waals surface area contributed by atoms with Crippen molar-refractivity contribution in [3.8, 4) is 17.5 Å². The molecule has 2 aromatic heterocycles. The van der Waals surface area contributed by atoms with Gasteiger partial charge in [0.05, 0.1) is 29.6 Å². The Morgan fingerprint density at radius 3 is 2.59 bits per heavy atom. The summed E-state index contributed by atoms with van der Waals surface area (Å²) >= 11 is 0. The number of nitrogens with one attached hydrogen (secondary N) is 2. The summed E-state index contributed by atoms with van der Waals surface area (Å²) in [6.07, 6.45) is 2.91. The Labute approximate surface area is 207 Å². The van der Waals surface area contributed by atoms with Gasteiger partial charge >= 0.3 is 11.7 Å². The van der Waals surface area contributed by atoms with Crippen molar-refractivity contribution in [2.75, 3.05) is 31.1 Å². The topological polar surface area (TPSA) is 154 Å². The van der Waals surface area contributed by atoms with E-state index in [1.165, 1.54) is 17.1 Å². The van der Waals surface area contributed by atoms with Crippen molar-refractivity contribution in [2.24, 2.45) is 5.10 Å². The third-order valence-electron chi connectivity index (χ3n) is 6.04. The molecule has 2 N–H and O–H groups in total. The van der Waals surface area contributed by atoms with Crippen LogP contribution >= 0.6 is 0 Å². The maximum atomic E-state index is 14.4. The molecular weight excluding hydrogens is 488 g/mol. The van der Waals surface area contributed by atoms with Crippen LogP contribution < -0.4 is 16.1 Å². The molecule has 5 rings (SSSR count). The summed E-state index contributed by atoms with van der Waals surface area (Å²) in [6.45, 7) is 1.21. The molecule has 1 aromatic carbocycles. The number of hydrazone groups is 1. The summed E-state index contributed by atoms with van der Waals surface area (Å²) in [4.78, 5) is 52.3. The standard InChI is InChI=1S/C23H19F2N9O3/c24-15-8-13(11-26)7-14(9-15)18-1-2-28-34(18)23(37)33-5-3-32(4-6-33)21-27-12-16(25)20(31-21)17-10-19(35)30-22(36)29-17/h2,7-10,12,18H,1,3-6H2,(H2,29,30,35,36)/t18-/m0/s1. The summed E-state index contributed by atoms with van der Waals surface area (Å²) in [5.41, 5.74) is -1.17. The monoisotopic (exact) mass is 507 g/mol. The van der Waals surface area contributed by atoms with E-state index < -0.39 is 28.9 Å². The number of anilines is 1. The largest absolute Gasteiger partial charge is 0.341 e. The van der Waals surface area contributed by atoms with Crippen LogP contribution in [0.4, 0.5) is 19.5 Å². The number of rotatable bonds is 3. The number of hydrogen-bond acceptors (Lipinski definition) is 8. The smallest absolute Gasteiger partial charge is 0.337 e. The highest BCUT2D eigenvalue weighted by Gasteiger charge is 2.34. The van der Waals surface area contributed by atoms with E-state index in [1.54, 1.807) is 16.0 Å². The van der Waals surface area contributed by atoms with Crippen molar-refractivity contribution < 1.29 is 13.6 Å². The first kappa shape index (κ1) is 23.8. The second-order valence-corrected chi connectivity index (χ2v) is 8.40. The quantitative estimate of drug-likeness (QED) is 0.542. The number of urea groups is 1. The first-order valence-corrected chi connectivity index (χ1v) is 11.2. The fourth-order valence-electron chi connectivity index (χ4n) is 4.28. The van der Waals surface area contributed by atoms with Gasteiger partial charge in [-0.15, -0.1) is 0 Å². The molecule has 12 nitrogen and oxygen atoms in total. The molecule has 0 spiro atoms. The lowest BCUT2D eigenvalue weighted by atomic mass is 10.0. The maximum absolute atomic E-state index is 14.4. The predicted octanol–water partition coefficient (Wildman–Crippen LogP) is 1.34. The van der Waals surface area contributed by atoms with Crippen LogP contribution in [0.3, 0.4) is 0 Å². The highest BCUT2D eigenvalue weighted by molar-refractivity contribution is 5.79. The number of hydrogen-bond donors (Lipinski definition) is 2. The van der Waals surface area contributed by atoms with Crippen molar-refractivity contribution in [2.45, 2.75) is 12.5 Å². The summed E-state index contributed by atoms with van der Waals surface area (Å²) in [7, 11) is 0. The molecule has 14 heteroatoms. The minimum atomic E-state index is -0.811. The summed E-state index contributed by atoms with van der Waals surface area (Å²) < 4.78 is 28.4. The number of aromatic nitrogens is 4. The third kappa shape index (κ3) is 4.79. The SMILES string of the molecule is N#Cc1cc(F)cc([C@@H]2CC=NN2C(=O)N2CCN(c3ncc(F)c(-c4cc(=O)[nH]c(=O)[nH]4)n3)CC2)c1. The Kier molecular flexibility index (Phi) is 6.18. The zero-order valence-corrected chi connectivity index (χ0v) is 19.2. The van der Waals surface area contributed by atoms with Gasteiger partial charge in [0.25, 0.3) is 5.56 Å². The minimum absolute atomic E-state index is 0.0847. The second-order valence-electron chi connectivity index (χ2n) is 8.40. The highest BCUT2D eigenvalue weighted by Crippen LogP contribution is 2.31. The van der Waals surface area contributed by atoms with Crippen molar-refractivity contribution in [1.29, 1.82) is 5.26 Å². The molecule has 0 bridgehead atoms. The number of nitriles is 1. The molecule has 2 aliphatic rings. The number of nitrogens with zero attached hydrogens (tertiary/aromatic N) is 7. The van der Waals surface area contributed by atoms with E-state index >= 15 is 0 Å². The van der Waals surface area contributed by atoms with Gasteiger partial charge in [0, 0.05) is 44.9 Å². The zero-order chi connectivity index (χ0) is 26.1. The molecule has 2 aliphatic heterocycles. The van der Waals surface area contributed by atoms with E-state index in [4.69, 9.17) is 5.26 Å². The van der Waals surface area contributed by atoms with Gasteiger partial charge in [-0.3, -0.25) is 9.78 Å². The Morgan fingerprint density at radius 1 is 1.08 bits per heavy atom. The van der Waals surface area contributed by atoms with E-state index in [0.29, 0.717) is 25.1 Å². The van der Waals surface area contributed by atoms with E-state index in [1.807, 2.05) is 11.1 Å². The van der Waals surface area contributed by atoms with E-state index in [2.05, 4.69) is 20.1 Å². The van der Waals surface area contributed by atoms with Crippen LogP contribution in [0, 0.1) is 23.0 Å². The Balaban J connectivity index is 1.30. The fourth-order valence-corrected chi connectivity index (χ4v) is 4.28. The molecule has 4 heterocycles. The van der Waals surface area contributed by atoms with Gasteiger partial charge in [0.1, 0.15) is 11.5 Å². The third-order valence-corrected chi connectivity index (χ3v) is 6.04. The van der Waals surface area contributed by atoms with Gasteiger partial charge < -0.3 is 14.8 Å². The number of halogens is 2. The minimum Gasteiger partial charge on any atom is -0.337 e. The molecule has 188 valence electrons. The molecule has 0 radical (unpaired) electrons. The van der Waals surface area contributed by atoms with Crippen molar-refractivity contribution >= 4 is 18.2 Å². The molecule has 3 aromatic rings. The molecule has 0 aliphatic carbocycles. The predicted molar refractivity (Wildman–Crippen MR) is 127 cm³/mol. The van der Waals surface area contributed by atoms with Crippen LogP contribution in [0.2, 0.25) is 0 Å². The Hall–Kier alpha value is -4.93. The van der Waals surface area contributed by atoms with Crippen LogP contribution in [0.25, 0.3) is 11.4 Å². The van der Waals surface area contributed by atoms with Gasteiger partial charge in [-0.05, 0) is 23.8 Å². The number of carbonyl (C=O) groups is 1. The summed E-state index contributed by atoms with van der Waals surface area (Å²) in [5, 5.41) is 14.6. The van der Waals surface area contributed by atoms with Crippen molar-refractivity contribution in [3.63, 3.8) is 0 Å². The average molecular weight is 507 g/mol. The van der Waals surface area contributed by atoms with Gasteiger partial charge in [0.2, 0.25) is 5.95 Å². The van der Waals surface area contributed by atoms with Crippen LogP contribution in [-0.4, -0.2) is 68.3 Å². The average Bonchev–Trinajstić information content (AvgIpc) is 3.38. The number of amides is 2. The highest BCUT2D eigenvalue weighted by atomic mass is 19.1. The first-order valence-electron chi connectivity index (χ1n) is 11.2.